The minimum absolute atomic E-state index is 0.0317. The lowest BCUT2D eigenvalue weighted by atomic mass is 9.75. The first-order valence-corrected chi connectivity index (χ1v) is 9.46. The quantitative estimate of drug-likeness (QED) is 0.467. The molecular formula is C21H28F4O. The molecule has 1 unspecified atom stereocenters. The fraction of sp³-hybridized carbons (Fsp3) is 0.619. The van der Waals surface area contributed by atoms with Crippen LogP contribution in [0.1, 0.15) is 57.9 Å². The summed E-state index contributed by atoms with van der Waals surface area (Å²) in [4.78, 5) is 0. The summed E-state index contributed by atoms with van der Waals surface area (Å²) in [5.41, 5.74) is -0.0971. The second-order valence-corrected chi connectivity index (χ2v) is 7.42. The van der Waals surface area contributed by atoms with Crippen LogP contribution in [-0.2, 0) is 0 Å². The molecule has 0 heterocycles. The Balaban J connectivity index is 1.82. The summed E-state index contributed by atoms with van der Waals surface area (Å²) in [7, 11) is 0. The Labute approximate surface area is 153 Å². The molecule has 0 N–H and O–H groups in total. The van der Waals surface area contributed by atoms with E-state index in [1.54, 1.807) is 0 Å². The number of rotatable bonds is 7. The first kappa shape index (κ1) is 20.8. The highest BCUT2D eigenvalue weighted by molar-refractivity contribution is 5.52. The predicted octanol–water partition coefficient (Wildman–Crippen LogP) is 7.02. The molecular weight excluding hydrogens is 344 g/mol. The number of halogens is 4. The first-order valence-electron chi connectivity index (χ1n) is 9.46. The van der Waals surface area contributed by atoms with E-state index in [2.05, 4.69) is 13.8 Å². The minimum atomic E-state index is -4.45. The molecule has 0 aromatic heterocycles. The van der Waals surface area contributed by atoms with Crippen LogP contribution in [0.4, 0.5) is 17.6 Å². The van der Waals surface area contributed by atoms with Crippen LogP contribution in [0.3, 0.4) is 0 Å². The Bertz CT molecular complexity index is 586. The molecule has 1 saturated carbocycles. The van der Waals surface area contributed by atoms with Crippen molar-refractivity contribution in [2.75, 3.05) is 6.61 Å². The van der Waals surface area contributed by atoms with Crippen LogP contribution in [-0.4, -0.2) is 12.8 Å². The van der Waals surface area contributed by atoms with Crippen molar-refractivity contribution < 1.29 is 22.3 Å². The molecule has 1 aromatic rings. The van der Waals surface area contributed by atoms with Crippen LogP contribution in [0.5, 0.6) is 5.75 Å². The monoisotopic (exact) mass is 372 g/mol. The van der Waals surface area contributed by atoms with E-state index < -0.39 is 12.0 Å². The maximum atomic E-state index is 13.9. The average Bonchev–Trinajstić information content (AvgIpc) is 2.59. The molecule has 0 amide bonds. The van der Waals surface area contributed by atoms with Gasteiger partial charge in [0, 0.05) is 17.7 Å². The lowest BCUT2D eigenvalue weighted by molar-refractivity contribution is -0.0790. The highest BCUT2D eigenvalue weighted by atomic mass is 19.4. The zero-order valence-electron chi connectivity index (χ0n) is 15.5. The molecule has 1 aromatic carbocycles. The van der Waals surface area contributed by atoms with Crippen LogP contribution in [0.25, 0.3) is 6.08 Å². The van der Waals surface area contributed by atoms with Gasteiger partial charge in [-0.2, -0.15) is 13.2 Å². The van der Waals surface area contributed by atoms with Crippen molar-refractivity contribution in [3.05, 3.63) is 35.7 Å². The third-order valence-corrected chi connectivity index (χ3v) is 5.35. The number of hydrogen-bond acceptors (Lipinski definition) is 1. The molecule has 26 heavy (non-hydrogen) atoms. The number of allylic oxidation sites excluding steroid dienone is 1. The number of benzene rings is 1. The fourth-order valence-corrected chi connectivity index (χ4v) is 3.75. The van der Waals surface area contributed by atoms with E-state index in [-0.39, 0.29) is 11.6 Å². The van der Waals surface area contributed by atoms with Gasteiger partial charge in [-0.25, -0.2) is 4.39 Å². The van der Waals surface area contributed by atoms with Crippen LogP contribution >= 0.6 is 0 Å². The maximum absolute atomic E-state index is 13.9. The Hall–Kier alpha value is -1.52. The zero-order chi connectivity index (χ0) is 19.2. The van der Waals surface area contributed by atoms with E-state index in [4.69, 9.17) is 4.74 Å². The Morgan fingerprint density at radius 3 is 2.46 bits per heavy atom. The SMILES string of the molecule is CCCC(C)C1CCC(COc2ccc(/C=C/C(F)(F)F)c(F)c2)CC1. The third kappa shape index (κ3) is 6.65. The highest BCUT2D eigenvalue weighted by Gasteiger charge is 2.25. The van der Waals surface area contributed by atoms with Crippen molar-refractivity contribution in [2.24, 2.45) is 17.8 Å². The maximum Gasteiger partial charge on any atom is 0.409 e. The van der Waals surface area contributed by atoms with E-state index in [0.717, 1.165) is 36.8 Å². The van der Waals surface area contributed by atoms with Crippen LogP contribution < -0.4 is 4.74 Å². The zero-order valence-corrected chi connectivity index (χ0v) is 15.5. The first-order chi connectivity index (χ1) is 12.3. The fourth-order valence-electron chi connectivity index (χ4n) is 3.75. The summed E-state index contributed by atoms with van der Waals surface area (Å²) in [5.74, 6) is 1.69. The molecule has 146 valence electrons. The van der Waals surface area contributed by atoms with Gasteiger partial charge in [-0.1, -0.05) is 26.7 Å². The molecule has 1 aliphatic rings. The van der Waals surface area contributed by atoms with Crippen molar-refractivity contribution in [1.82, 2.24) is 0 Å². The van der Waals surface area contributed by atoms with Gasteiger partial charge in [0.25, 0.3) is 0 Å². The summed E-state index contributed by atoms with van der Waals surface area (Å²) in [6.45, 7) is 5.09. The molecule has 0 saturated heterocycles. The van der Waals surface area contributed by atoms with Crippen LogP contribution in [0.15, 0.2) is 24.3 Å². The van der Waals surface area contributed by atoms with Gasteiger partial charge in [-0.3, -0.25) is 0 Å². The van der Waals surface area contributed by atoms with E-state index in [1.807, 2.05) is 0 Å². The minimum Gasteiger partial charge on any atom is -0.493 e. The standard InChI is InChI=1S/C21H28F4O/c1-3-4-15(2)17-7-5-16(6-8-17)14-26-19-10-9-18(20(22)13-19)11-12-21(23,24)25/h9-13,15-17H,3-8,14H2,1-2H3/b12-11+. The summed E-state index contributed by atoms with van der Waals surface area (Å²) in [5, 5.41) is 0. The summed E-state index contributed by atoms with van der Waals surface area (Å²) >= 11 is 0. The van der Waals surface area contributed by atoms with Gasteiger partial charge in [0.05, 0.1) is 6.61 Å². The number of alkyl halides is 3. The Kier molecular flexibility index (Phi) is 7.54. The number of ether oxygens (including phenoxy) is 1. The van der Waals surface area contributed by atoms with Gasteiger partial charge in [0.1, 0.15) is 11.6 Å². The van der Waals surface area contributed by atoms with Crippen LogP contribution in [0, 0.1) is 23.6 Å². The van der Waals surface area contributed by atoms with Crippen molar-refractivity contribution in [1.29, 1.82) is 0 Å². The lowest BCUT2D eigenvalue weighted by Crippen LogP contribution is -2.23. The van der Waals surface area contributed by atoms with E-state index >= 15 is 0 Å². The molecule has 0 radical (unpaired) electrons. The van der Waals surface area contributed by atoms with Crippen molar-refractivity contribution in [3.63, 3.8) is 0 Å². The molecule has 1 atom stereocenters. The highest BCUT2D eigenvalue weighted by Crippen LogP contribution is 2.35. The average molecular weight is 372 g/mol. The second-order valence-electron chi connectivity index (χ2n) is 7.42. The lowest BCUT2D eigenvalue weighted by Gasteiger charge is -2.32. The van der Waals surface area contributed by atoms with Gasteiger partial charge in [-0.05, 0) is 61.6 Å². The van der Waals surface area contributed by atoms with Gasteiger partial charge in [0.2, 0.25) is 0 Å². The van der Waals surface area contributed by atoms with Gasteiger partial charge >= 0.3 is 6.18 Å². The normalized spacial score (nSPS) is 22.5. The Morgan fingerprint density at radius 1 is 1.19 bits per heavy atom. The number of hydrogen-bond donors (Lipinski definition) is 0. The summed E-state index contributed by atoms with van der Waals surface area (Å²) < 4.78 is 56.1. The third-order valence-electron chi connectivity index (χ3n) is 5.35. The van der Waals surface area contributed by atoms with Crippen molar-refractivity contribution >= 4 is 6.08 Å². The molecule has 1 aliphatic carbocycles. The summed E-state index contributed by atoms with van der Waals surface area (Å²) in [6, 6.07) is 4.00. The van der Waals surface area contributed by atoms with Gasteiger partial charge < -0.3 is 4.74 Å². The van der Waals surface area contributed by atoms with Crippen molar-refractivity contribution in [2.45, 2.75) is 58.5 Å². The van der Waals surface area contributed by atoms with E-state index in [1.165, 1.54) is 37.8 Å². The molecule has 5 heteroatoms. The molecule has 0 aliphatic heterocycles. The van der Waals surface area contributed by atoms with E-state index in [0.29, 0.717) is 18.3 Å². The molecule has 1 fully saturated rings. The molecule has 0 spiro atoms. The second kappa shape index (κ2) is 9.43. The largest absolute Gasteiger partial charge is 0.493 e. The van der Waals surface area contributed by atoms with Crippen LogP contribution in [0.2, 0.25) is 0 Å². The molecule has 0 bridgehead atoms. The topological polar surface area (TPSA) is 9.23 Å². The van der Waals surface area contributed by atoms with Crippen molar-refractivity contribution in [3.8, 4) is 5.75 Å². The smallest absolute Gasteiger partial charge is 0.409 e. The van der Waals surface area contributed by atoms with Gasteiger partial charge in [-0.15, -0.1) is 0 Å². The van der Waals surface area contributed by atoms with Gasteiger partial charge in [0.15, 0.2) is 0 Å². The Morgan fingerprint density at radius 2 is 1.88 bits per heavy atom. The predicted molar refractivity (Wildman–Crippen MR) is 96.5 cm³/mol. The molecule has 1 nitrogen and oxygen atoms in total. The van der Waals surface area contributed by atoms with E-state index in [9.17, 15) is 17.6 Å². The molecule has 2 rings (SSSR count). The summed E-state index contributed by atoms with van der Waals surface area (Å²) in [6.07, 6.45) is 3.48.